The lowest BCUT2D eigenvalue weighted by molar-refractivity contribution is 0.0980. The van der Waals surface area contributed by atoms with Gasteiger partial charge in [-0.25, -0.2) is 26.7 Å². The van der Waals surface area contributed by atoms with Gasteiger partial charge in [-0.05, 0) is 49.2 Å². The summed E-state index contributed by atoms with van der Waals surface area (Å²) in [6.45, 7) is 3.33. The molecule has 0 radical (unpaired) electrons. The normalized spacial score (nSPS) is 12.0. The van der Waals surface area contributed by atoms with Crippen molar-refractivity contribution in [1.82, 2.24) is 4.72 Å². The number of aryl methyl sites for hydroxylation is 2. The SMILES string of the molecule is Cc1cc(Br)cc(C)c1C(=O)NS(=O)(=O)c1ccccc1S(N)(=O)=O. The van der Waals surface area contributed by atoms with Crippen LogP contribution in [0.25, 0.3) is 0 Å². The molecule has 2 aromatic carbocycles. The van der Waals surface area contributed by atoms with Crippen LogP contribution in [0.2, 0.25) is 0 Å². The Labute approximate surface area is 154 Å². The summed E-state index contributed by atoms with van der Waals surface area (Å²) >= 11 is 3.30. The van der Waals surface area contributed by atoms with E-state index in [-0.39, 0.29) is 5.56 Å². The molecule has 0 saturated heterocycles. The van der Waals surface area contributed by atoms with Crippen molar-refractivity contribution in [2.75, 3.05) is 0 Å². The molecule has 3 N–H and O–H groups in total. The first kappa shape index (κ1) is 19.6. The second-order valence-electron chi connectivity index (χ2n) is 5.34. The van der Waals surface area contributed by atoms with Gasteiger partial charge >= 0.3 is 0 Å². The zero-order valence-electron chi connectivity index (χ0n) is 13.3. The molecule has 0 spiro atoms. The molecule has 0 fully saturated rings. The fourth-order valence-corrected chi connectivity index (χ4v) is 5.43. The Morgan fingerprint density at radius 2 is 1.48 bits per heavy atom. The molecule has 0 aliphatic rings. The third kappa shape index (κ3) is 4.27. The summed E-state index contributed by atoms with van der Waals surface area (Å²) in [6, 6.07) is 8.15. The van der Waals surface area contributed by atoms with Gasteiger partial charge in [0.25, 0.3) is 15.9 Å². The van der Waals surface area contributed by atoms with Crippen molar-refractivity contribution in [3.05, 3.63) is 57.6 Å². The van der Waals surface area contributed by atoms with Crippen LogP contribution >= 0.6 is 15.9 Å². The van der Waals surface area contributed by atoms with E-state index < -0.39 is 35.7 Å². The maximum Gasteiger partial charge on any atom is 0.265 e. The first-order chi connectivity index (χ1) is 11.4. The van der Waals surface area contributed by atoms with Gasteiger partial charge < -0.3 is 0 Å². The van der Waals surface area contributed by atoms with E-state index in [4.69, 9.17) is 5.14 Å². The average molecular weight is 447 g/mol. The van der Waals surface area contributed by atoms with Crippen LogP contribution in [0.1, 0.15) is 21.5 Å². The third-order valence-corrected chi connectivity index (χ3v) is 6.34. The number of hydrogen-bond donors (Lipinski definition) is 2. The highest BCUT2D eigenvalue weighted by Crippen LogP contribution is 2.23. The van der Waals surface area contributed by atoms with Gasteiger partial charge in [-0.3, -0.25) is 4.79 Å². The number of carbonyl (C=O) groups excluding carboxylic acids is 1. The van der Waals surface area contributed by atoms with E-state index in [1.165, 1.54) is 12.1 Å². The van der Waals surface area contributed by atoms with Crippen molar-refractivity contribution in [3.8, 4) is 0 Å². The number of halogens is 1. The molecule has 10 heteroatoms. The number of nitrogens with two attached hydrogens (primary N) is 1. The molecular weight excluding hydrogens is 432 g/mol. The standard InChI is InChI=1S/C15H15BrN2O5S2/c1-9-7-11(16)8-10(2)14(9)15(19)18-25(22,23)13-6-4-3-5-12(13)24(17,20)21/h3-8H,1-2H3,(H,18,19)(H2,17,20,21). The molecule has 0 saturated carbocycles. The van der Waals surface area contributed by atoms with Crippen LogP contribution in [0.3, 0.4) is 0 Å². The smallest absolute Gasteiger partial charge is 0.265 e. The maximum absolute atomic E-state index is 12.5. The van der Waals surface area contributed by atoms with Gasteiger partial charge in [-0.2, -0.15) is 0 Å². The fraction of sp³-hybridized carbons (Fsp3) is 0.133. The van der Waals surface area contributed by atoms with Crippen LogP contribution in [0, 0.1) is 13.8 Å². The summed E-state index contributed by atoms with van der Waals surface area (Å²) in [6.07, 6.45) is 0. The molecule has 0 atom stereocenters. The summed E-state index contributed by atoms with van der Waals surface area (Å²) in [5.41, 5.74) is 1.33. The molecule has 0 aliphatic carbocycles. The predicted octanol–water partition coefficient (Wildman–Crippen LogP) is 1.83. The van der Waals surface area contributed by atoms with Crippen LogP contribution in [0.5, 0.6) is 0 Å². The Balaban J connectivity index is 2.50. The van der Waals surface area contributed by atoms with Crippen molar-refractivity contribution in [3.63, 3.8) is 0 Å². The molecule has 7 nitrogen and oxygen atoms in total. The molecule has 2 rings (SSSR count). The van der Waals surface area contributed by atoms with Gasteiger partial charge in [0.15, 0.2) is 0 Å². The third-order valence-electron chi connectivity index (χ3n) is 3.40. The molecule has 0 heterocycles. The van der Waals surface area contributed by atoms with Crippen molar-refractivity contribution in [2.24, 2.45) is 5.14 Å². The summed E-state index contributed by atoms with van der Waals surface area (Å²) in [4.78, 5) is 11.3. The van der Waals surface area contributed by atoms with Crippen molar-refractivity contribution < 1.29 is 21.6 Å². The van der Waals surface area contributed by atoms with Gasteiger partial charge in [-0.1, -0.05) is 28.1 Å². The number of amides is 1. The van der Waals surface area contributed by atoms with E-state index >= 15 is 0 Å². The van der Waals surface area contributed by atoms with Crippen LogP contribution in [-0.4, -0.2) is 22.7 Å². The van der Waals surface area contributed by atoms with Crippen LogP contribution < -0.4 is 9.86 Å². The molecular formula is C15H15BrN2O5S2. The first-order valence-corrected chi connectivity index (χ1v) is 10.7. The van der Waals surface area contributed by atoms with Crippen molar-refractivity contribution >= 4 is 41.9 Å². The van der Waals surface area contributed by atoms with E-state index in [9.17, 15) is 21.6 Å². The Bertz CT molecular complexity index is 1040. The minimum Gasteiger partial charge on any atom is -0.268 e. The lowest BCUT2D eigenvalue weighted by Crippen LogP contribution is -2.33. The summed E-state index contributed by atoms with van der Waals surface area (Å²) < 4.78 is 50.9. The Hall–Kier alpha value is -1.75. The summed E-state index contributed by atoms with van der Waals surface area (Å²) in [7, 11) is -8.71. The fourth-order valence-electron chi connectivity index (χ4n) is 2.40. The number of rotatable bonds is 4. The predicted molar refractivity (Wildman–Crippen MR) is 96.1 cm³/mol. The van der Waals surface area contributed by atoms with E-state index in [1.807, 2.05) is 4.72 Å². The van der Waals surface area contributed by atoms with Gasteiger partial charge in [0.2, 0.25) is 10.0 Å². The number of sulfonamides is 2. The van der Waals surface area contributed by atoms with Crippen molar-refractivity contribution in [1.29, 1.82) is 0 Å². The zero-order chi connectivity index (χ0) is 19.0. The van der Waals surface area contributed by atoms with E-state index in [2.05, 4.69) is 15.9 Å². The van der Waals surface area contributed by atoms with E-state index in [1.54, 1.807) is 26.0 Å². The molecule has 0 aromatic heterocycles. The first-order valence-electron chi connectivity index (χ1n) is 6.89. The largest absolute Gasteiger partial charge is 0.268 e. The van der Waals surface area contributed by atoms with Gasteiger partial charge in [0.1, 0.15) is 9.79 Å². The second-order valence-corrected chi connectivity index (χ2v) is 9.44. The molecule has 25 heavy (non-hydrogen) atoms. The summed E-state index contributed by atoms with van der Waals surface area (Å²) in [5.74, 6) is -0.855. The molecule has 0 bridgehead atoms. The molecule has 0 aliphatic heterocycles. The number of benzene rings is 2. The van der Waals surface area contributed by atoms with Crippen LogP contribution in [-0.2, 0) is 20.0 Å². The quantitative estimate of drug-likeness (QED) is 0.740. The van der Waals surface area contributed by atoms with Gasteiger partial charge in [-0.15, -0.1) is 0 Å². The number of primary sulfonamides is 1. The minimum absolute atomic E-state index is 0.194. The van der Waals surface area contributed by atoms with Crippen LogP contribution in [0.4, 0.5) is 0 Å². The Morgan fingerprint density at radius 3 is 1.96 bits per heavy atom. The van der Waals surface area contributed by atoms with Crippen molar-refractivity contribution in [2.45, 2.75) is 23.6 Å². The molecule has 1 amide bonds. The number of nitrogens with one attached hydrogen (secondary N) is 1. The topological polar surface area (TPSA) is 123 Å². The van der Waals surface area contributed by atoms with Crippen LogP contribution in [0.15, 0.2) is 50.7 Å². The average Bonchev–Trinajstić information content (AvgIpc) is 2.44. The lowest BCUT2D eigenvalue weighted by atomic mass is 10.0. The van der Waals surface area contributed by atoms with Gasteiger partial charge in [0, 0.05) is 10.0 Å². The minimum atomic E-state index is -4.44. The van der Waals surface area contributed by atoms with E-state index in [0.29, 0.717) is 11.1 Å². The molecule has 134 valence electrons. The Kier molecular flexibility index (Phi) is 5.38. The highest BCUT2D eigenvalue weighted by atomic mass is 79.9. The monoisotopic (exact) mass is 446 g/mol. The number of hydrogen-bond acceptors (Lipinski definition) is 5. The molecule has 0 unspecified atom stereocenters. The highest BCUT2D eigenvalue weighted by Gasteiger charge is 2.27. The number of carbonyl (C=O) groups is 1. The van der Waals surface area contributed by atoms with Gasteiger partial charge in [0.05, 0.1) is 0 Å². The van der Waals surface area contributed by atoms with E-state index in [0.717, 1.165) is 16.6 Å². The maximum atomic E-state index is 12.5. The Morgan fingerprint density at radius 1 is 1.00 bits per heavy atom. The summed E-state index contributed by atoms with van der Waals surface area (Å²) in [5, 5.41) is 5.05. The molecule has 2 aromatic rings. The second kappa shape index (κ2) is 6.87. The lowest BCUT2D eigenvalue weighted by Gasteiger charge is -2.13. The highest BCUT2D eigenvalue weighted by molar-refractivity contribution is 9.10. The zero-order valence-corrected chi connectivity index (χ0v) is 16.5.